The summed E-state index contributed by atoms with van der Waals surface area (Å²) in [4.78, 5) is 7.92. The Bertz CT molecular complexity index is 752. The van der Waals surface area contributed by atoms with Crippen molar-refractivity contribution < 1.29 is 9.47 Å². The maximum Gasteiger partial charge on any atom is 0.0642 e. The molecule has 1 saturated carbocycles. The molecule has 4 aliphatic rings. The maximum atomic E-state index is 5.61. The Morgan fingerprint density at radius 3 is 2.15 bits per heavy atom. The minimum absolute atomic E-state index is 0.508. The van der Waals surface area contributed by atoms with E-state index in [1.165, 1.54) is 69.5 Å². The van der Waals surface area contributed by atoms with Crippen LogP contribution < -0.4 is 9.80 Å². The van der Waals surface area contributed by atoms with E-state index < -0.39 is 0 Å². The lowest BCUT2D eigenvalue weighted by Gasteiger charge is -2.41. The molecule has 5 nitrogen and oxygen atoms in total. The van der Waals surface area contributed by atoms with Gasteiger partial charge in [0, 0.05) is 70.4 Å². The van der Waals surface area contributed by atoms with Gasteiger partial charge in [-0.2, -0.15) is 0 Å². The summed E-state index contributed by atoms with van der Waals surface area (Å²) >= 11 is 0. The topological polar surface area (TPSA) is 28.2 Å². The average molecular weight is 456 g/mol. The van der Waals surface area contributed by atoms with Gasteiger partial charge in [-0.1, -0.05) is 13.8 Å². The summed E-state index contributed by atoms with van der Waals surface area (Å²) < 4.78 is 11.2. The number of benzene rings is 1. The fourth-order valence-corrected chi connectivity index (χ4v) is 6.35. The second-order valence-corrected chi connectivity index (χ2v) is 11.6. The van der Waals surface area contributed by atoms with Crippen molar-refractivity contribution in [3.63, 3.8) is 0 Å². The van der Waals surface area contributed by atoms with Crippen LogP contribution in [0, 0.1) is 11.3 Å². The first-order chi connectivity index (χ1) is 16.1. The zero-order valence-corrected chi connectivity index (χ0v) is 21.1. The SMILES string of the molecule is CC1(C)CCC(c2cc(N3CCOCC3)ccc2N2CCN(CC3CCOCC3)CC2)CC1. The fourth-order valence-electron chi connectivity index (χ4n) is 6.35. The third-order valence-corrected chi connectivity index (χ3v) is 8.74. The summed E-state index contributed by atoms with van der Waals surface area (Å²) in [5.41, 5.74) is 5.05. The van der Waals surface area contributed by atoms with Crippen LogP contribution in [0.3, 0.4) is 0 Å². The van der Waals surface area contributed by atoms with Crippen molar-refractivity contribution in [3.8, 4) is 0 Å². The van der Waals surface area contributed by atoms with Gasteiger partial charge in [-0.05, 0) is 79.5 Å². The molecule has 0 radical (unpaired) electrons. The highest BCUT2D eigenvalue weighted by molar-refractivity contribution is 5.63. The molecule has 5 heteroatoms. The smallest absolute Gasteiger partial charge is 0.0642 e. The molecule has 3 aliphatic heterocycles. The molecule has 5 rings (SSSR count). The Balaban J connectivity index is 1.29. The van der Waals surface area contributed by atoms with E-state index in [1.54, 1.807) is 5.56 Å². The van der Waals surface area contributed by atoms with E-state index in [0.29, 0.717) is 11.3 Å². The van der Waals surface area contributed by atoms with Gasteiger partial charge in [-0.15, -0.1) is 0 Å². The van der Waals surface area contributed by atoms with E-state index in [-0.39, 0.29) is 0 Å². The largest absolute Gasteiger partial charge is 0.381 e. The van der Waals surface area contributed by atoms with Crippen molar-refractivity contribution >= 4 is 11.4 Å². The molecule has 0 unspecified atom stereocenters. The normalized spacial score (nSPS) is 26.0. The first-order valence-electron chi connectivity index (χ1n) is 13.6. The van der Waals surface area contributed by atoms with Crippen molar-refractivity contribution in [1.82, 2.24) is 4.90 Å². The van der Waals surface area contributed by atoms with E-state index in [4.69, 9.17) is 9.47 Å². The van der Waals surface area contributed by atoms with E-state index in [2.05, 4.69) is 46.7 Å². The second kappa shape index (κ2) is 10.5. The molecule has 0 atom stereocenters. The zero-order chi connectivity index (χ0) is 22.7. The second-order valence-electron chi connectivity index (χ2n) is 11.6. The molecular weight excluding hydrogens is 410 g/mol. The standard InChI is InChI=1S/C28H45N3O2/c1-28(2)9-5-24(6-10-28)26-21-25(30-15-19-33-20-16-30)3-4-27(26)31-13-11-29(12-14-31)22-23-7-17-32-18-8-23/h3-4,21,23-24H,5-20,22H2,1-2H3. The molecule has 0 N–H and O–H groups in total. The van der Waals surface area contributed by atoms with Gasteiger partial charge in [0.15, 0.2) is 0 Å². The van der Waals surface area contributed by atoms with Crippen LogP contribution in [0.1, 0.15) is 63.9 Å². The van der Waals surface area contributed by atoms with E-state index in [0.717, 1.165) is 58.5 Å². The summed E-state index contributed by atoms with van der Waals surface area (Å²) in [6, 6.07) is 7.39. The van der Waals surface area contributed by atoms with Crippen LogP contribution in [0.5, 0.6) is 0 Å². The molecule has 1 aromatic rings. The van der Waals surface area contributed by atoms with Gasteiger partial charge < -0.3 is 19.3 Å². The fraction of sp³-hybridized carbons (Fsp3) is 0.786. The van der Waals surface area contributed by atoms with Crippen molar-refractivity contribution in [2.75, 3.05) is 82.0 Å². The summed E-state index contributed by atoms with van der Waals surface area (Å²) in [5.74, 6) is 1.54. The minimum Gasteiger partial charge on any atom is -0.381 e. The maximum absolute atomic E-state index is 5.61. The Morgan fingerprint density at radius 2 is 1.45 bits per heavy atom. The van der Waals surface area contributed by atoms with Gasteiger partial charge >= 0.3 is 0 Å². The quantitative estimate of drug-likeness (QED) is 0.639. The average Bonchev–Trinajstić information content (AvgIpc) is 2.85. The van der Waals surface area contributed by atoms with E-state index >= 15 is 0 Å². The number of piperazine rings is 1. The molecule has 0 aromatic heterocycles. The lowest BCUT2D eigenvalue weighted by atomic mass is 9.71. The van der Waals surface area contributed by atoms with Crippen molar-refractivity contribution in [3.05, 3.63) is 23.8 Å². The molecule has 0 amide bonds. The van der Waals surface area contributed by atoms with Crippen LogP contribution in [0.2, 0.25) is 0 Å². The number of rotatable bonds is 5. The molecule has 1 aliphatic carbocycles. The van der Waals surface area contributed by atoms with Crippen LogP contribution >= 0.6 is 0 Å². The number of hydrogen-bond donors (Lipinski definition) is 0. The Kier molecular flexibility index (Phi) is 7.48. The number of hydrogen-bond acceptors (Lipinski definition) is 5. The van der Waals surface area contributed by atoms with E-state index in [1.807, 2.05) is 0 Å². The Labute approximate surface area is 201 Å². The molecule has 0 spiro atoms. The first-order valence-corrected chi connectivity index (χ1v) is 13.6. The zero-order valence-electron chi connectivity index (χ0n) is 21.1. The predicted molar refractivity (Wildman–Crippen MR) is 137 cm³/mol. The van der Waals surface area contributed by atoms with Crippen LogP contribution in [-0.2, 0) is 9.47 Å². The van der Waals surface area contributed by atoms with Gasteiger partial charge in [0.2, 0.25) is 0 Å². The molecule has 184 valence electrons. The van der Waals surface area contributed by atoms with Gasteiger partial charge in [-0.25, -0.2) is 0 Å². The van der Waals surface area contributed by atoms with Gasteiger partial charge in [0.1, 0.15) is 0 Å². The third-order valence-electron chi connectivity index (χ3n) is 8.74. The van der Waals surface area contributed by atoms with Crippen LogP contribution in [0.25, 0.3) is 0 Å². The molecule has 4 fully saturated rings. The summed E-state index contributed by atoms with van der Waals surface area (Å²) in [7, 11) is 0. The highest BCUT2D eigenvalue weighted by atomic mass is 16.5. The van der Waals surface area contributed by atoms with Crippen LogP contribution in [0.4, 0.5) is 11.4 Å². The molecule has 3 saturated heterocycles. The highest BCUT2D eigenvalue weighted by Crippen LogP contribution is 2.45. The van der Waals surface area contributed by atoms with Gasteiger partial charge in [0.25, 0.3) is 0 Å². The number of ether oxygens (including phenoxy) is 2. The first kappa shape index (κ1) is 23.4. The van der Waals surface area contributed by atoms with Crippen molar-refractivity contribution in [1.29, 1.82) is 0 Å². The minimum atomic E-state index is 0.508. The molecule has 0 bridgehead atoms. The molecular formula is C28H45N3O2. The number of nitrogens with zero attached hydrogens (tertiary/aromatic N) is 3. The molecule has 33 heavy (non-hydrogen) atoms. The van der Waals surface area contributed by atoms with E-state index in [9.17, 15) is 0 Å². The molecule has 1 aromatic carbocycles. The van der Waals surface area contributed by atoms with Crippen LogP contribution in [0.15, 0.2) is 18.2 Å². The Morgan fingerprint density at radius 1 is 0.788 bits per heavy atom. The van der Waals surface area contributed by atoms with Crippen molar-refractivity contribution in [2.45, 2.75) is 58.3 Å². The van der Waals surface area contributed by atoms with Crippen molar-refractivity contribution in [2.24, 2.45) is 11.3 Å². The monoisotopic (exact) mass is 455 g/mol. The number of anilines is 2. The summed E-state index contributed by atoms with van der Waals surface area (Å²) in [5, 5.41) is 0. The number of morpholine rings is 1. The molecule has 3 heterocycles. The van der Waals surface area contributed by atoms with Gasteiger partial charge in [0.05, 0.1) is 13.2 Å². The lowest BCUT2D eigenvalue weighted by Crippen LogP contribution is -2.48. The van der Waals surface area contributed by atoms with Gasteiger partial charge in [-0.3, -0.25) is 4.90 Å². The third kappa shape index (κ3) is 5.86. The summed E-state index contributed by atoms with van der Waals surface area (Å²) in [6.07, 6.45) is 7.83. The lowest BCUT2D eigenvalue weighted by molar-refractivity contribution is 0.0517. The predicted octanol–water partition coefficient (Wildman–Crippen LogP) is 4.76. The Hall–Kier alpha value is -1.30. The van der Waals surface area contributed by atoms with Crippen LogP contribution in [-0.4, -0.2) is 77.1 Å². The summed E-state index contributed by atoms with van der Waals surface area (Å²) in [6.45, 7) is 16.5. The highest BCUT2D eigenvalue weighted by Gasteiger charge is 2.31.